The van der Waals surface area contributed by atoms with Crippen LogP contribution in [0.25, 0.3) is 0 Å². The Balaban J connectivity index is 2.38. The number of rotatable bonds is 4. The summed E-state index contributed by atoms with van der Waals surface area (Å²) in [6, 6.07) is 13.9. The SMILES string of the molecule is COc1cccc(C(C)=O)c1NC(=O)c1ccccc1. The first kappa shape index (κ1) is 13.8. The molecule has 4 heteroatoms. The second-order valence-electron chi connectivity index (χ2n) is 4.26. The standard InChI is InChI=1S/C16H15NO3/c1-11(18)13-9-6-10-14(20-2)15(13)17-16(19)12-7-4-3-5-8-12/h3-10H,1-2H3,(H,17,19). The van der Waals surface area contributed by atoms with Gasteiger partial charge >= 0.3 is 0 Å². The van der Waals surface area contributed by atoms with Crippen LogP contribution in [0.15, 0.2) is 48.5 Å². The van der Waals surface area contributed by atoms with E-state index < -0.39 is 0 Å². The van der Waals surface area contributed by atoms with Crippen molar-refractivity contribution < 1.29 is 14.3 Å². The van der Waals surface area contributed by atoms with E-state index in [0.29, 0.717) is 22.6 Å². The van der Waals surface area contributed by atoms with Crippen LogP contribution in [0, 0.1) is 0 Å². The van der Waals surface area contributed by atoms with Crippen LogP contribution in [0.4, 0.5) is 5.69 Å². The van der Waals surface area contributed by atoms with Gasteiger partial charge in [-0.1, -0.05) is 24.3 Å². The van der Waals surface area contributed by atoms with Crippen molar-refractivity contribution in [2.75, 3.05) is 12.4 Å². The molecule has 0 bridgehead atoms. The Bertz CT molecular complexity index is 635. The molecule has 1 N–H and O–H groups in total. The monoisotopic (exact) mass is 269 g/mol. The molecule has 2 rings (SSSR count). The third-order valence-electron chi connectivity index (χ3n) is 2.90. The number of benzene rings is 2. The van der Waals surface area contributed by atoms with Gasteiger partial charge in [-0.15, -0.1) is 0 Å². The molecule has 0 aromatic heterocycles. The van der Waals surface area contributed by atoms with Crippen LogP contribution < -0.4 is 10.1 Å². The molecule has 0 saturated carbocycles. The van der Waals surface area contributed by atoms with Crippen LogP contribution >= 0.6 is 0 Å². The first-order chi connectivity index (χ1) is 9.63. The Kier molecular flexibility index (Phi) is 4.15. The van der Waals surface area contributed by atoms with E-state index in [1.54, 1.807) is 42.5 Å². The van der Waals surface area contributed by atoms with E-state index in [4.69, 9.17) is 4.74 Å². The van der Waals surface area contributed by atoms with Gasteiger partial charge in [0.15, 0.2) is 5.78 Å². The van der Waals surface area contributed by atoms with Crippen molar-refractivity contribution in [2.24, 2.45) is 0 Å². The summed E-state index contributed by atoms with van der Waals surface area (Å²) in [5.74, 6) is 0.0480. The lowest BCUT2D eigenvalue weighted by atomic mass is 10.1. The minimum atomic E-state index is -0.280. The lowest BCUT2D eigenvalue weighted by molar-refractivity contribution is 0.101. The molecule has 4 nitrogen and oxygen atoms in total. The molecular formula is C16H15NO3. The summed E-state index contributed by atoms with van der Waals surface area (Å²) in [5, 5.41) is 2.74. The molecule has 0 fully saturated rings. The summed E-state index contributed by atoms with van der Waals surface area (Å²) in [5.41, 5.74) is 1.35. The summed E-state index contributed by atoms with van der Waals surface area (Å²) in [7, 11) is 1.50. The van der Waals surface area contributed by atoms with Crippen molar-refractivity contribution in [3.63, 3.8) is 0 Å². The number of hydrogen-bond donors (Lipinski definition) is 1. The van der Waals surface area contributed by atoms with Gasteiger partial charge in [0.05, 0.1) is 12.8 Å². The van der Waals surface area contributed by atoms with Crippen molar-refractivity contribution in [3.05, 3.63) is 59.7 Å². The molecule has 2 aromatic carbocycles. The number of ether oxygens (including phenoxy) is 1. The van der Waals surface area contributed by atoms with Crippen molar-refractivity contribution in [1.82, 2.24) is 0 Å². The predicted molar refractivity (Wildman–Crippen MR) is 77.4 cm³/mol. The molecule has 0 unspecified atom stereocenters. The number of carbonyl (C=O) groups excluding carboxylic acids is 2. The average Bonchev–Trinajstić information content (AvgIpc) is 2.48. The first-order valence-corrected chi connectivity index (χ1v) is 6.18. The number of methoxy groups -OCH3 is 1. The average molecular weight is 269 g/mol. The topological polar surface area (TPSA) is 55.4 Å². The summed E-state index contributed by atoms with van der Waals surface area (Å²) < 4.78 is 5.21. The zero-order chi connectivity index (χ0) is 14.5. The van der Waals surface area contributed by atoms with Gasteiger partial charge in [0, 0.05) is 11.1 Å². The summed E-state index contributed by atoms with van der Waals surface area (Å²) >= 11 is 0. The Morgan fingerprint density at radius 3 is 2.30 bits per heavy atom. The van der Waals surface area contributed by atoms with E-state index in [2.05, 4.69) is 5.32 Å². The second-order valence-corrected chi connectivity index (χ2v) is 4.26. The van der Waals surface area contributed by atoms with E-state index in [9.17, 15) is 9.59 Å². The smallest absolute Gasteiger partial charge is 0.255 e. The molecule has 0 heterocycles. The second kappa shape index (κ2) is 6.02. The fourth-order valence-electron chi connectivity index (χ4n) is 1.90. The zero-order valence-corrected chi connectivity index (χ0v) is 11.3. The lowest BCUT2D eigenvalue weighted by Gasteiger charge is -2.13. The number of carbonyl (C=O) groups is 2. The Morgan fingerprint density at radius 1 is 1.00 bits per heavy atom. The van der Waals surface area contributed by atoms with Crippen molar-refractivity contribution in [3.8, 4) is 5.75 Å². The van der Waals surface area contributed by atoms with Crippen LogP contribution in [0.3, 0.4) is 0 Å². The maximum absolute atomic E-state index is 12.2. The zero-order valence-electron chi connectivity index (χ0n) is 11.3. The number of hydrogen-bond acceptors (Lipinski definition) is 3. The van der Waals surface area contributed by atoms with Gasteiger partial charge in [-0.05, 0) is 31.2 Å². The van der Waals surface area contributed by atoms with E-state index in [-0.39, 0.29) is 11.7 Å². The lowest BCUT2D eigenvalue weighted by Crippen LogP contribution is -2.15. The van der Waals surface area contributed by atoms with Crippen LogP contribution in [0.5, 0.6) is 5.75 Å². The number of Topliss-reactive ketones (excluding diaryl/α,β-unsaturated/α-hetero) is 1. The molecular weight excluding hydrogens is 254 g/mol. The quantitative estimate of drug-likeness (QED) is 0.867. The van der Waals surface area contributed by atoms with E-state index in [1.807, 2.05) is 6.07 Å². The summed E-state index contributed by atoms with van der Waals surface area (Å²) in [6.07, 6.45) is 0. The minimum Gasteiger partial charge on any atom is -0.495 e. The molecule has 0 aliphatic rings. The Morgan fingerprint density at radius 2 is 1.70 bits per heavy atom. The highest BCUT2D eigenvalue weighted by molar-refractivity contribution is 6.10. The molecule has 0 spiro atoms. The molecule has 102 valence electrons. The maximum Gasteiger partial charge on any atom is 0.255 e. The van der Waals surface area contributed by atoms with Gasteiger partial charge < -0.3 is 10.1 Å². The van der Waals surface area contributed by atoms with E-state index in [0.717, 1.165) is 0 Å². The Hall–Kier alpha value is -2.62. The molecule has 20 heavy (non-hydrogen) atoms. The number of amides is 1. The van der Waals surface area contributed by atoms with Crippen LogP contribution in [-0.4, -0.2) is 18.8 Å². The molecule has 0 saturated heterocycles. The van der Waals surface area contributed by atoms with Crippen LogP contribution in [0.1, 0.15) is 27.6 Å². The number of para-hydroxylation sites is 1. The first-order valence-electron chi connectivity index (χ1n) is 6.18. The molecule has 0 aliphatic heterocycles. The molecule has 1 amide bonds. The number of anilines is 1. The third-order valence-corrected chi connectivity index (χ3v) is 2.90. The summed E-state index contributed by atoms with van der Waals surface area (Å²) in [6.45, 7) is 1.45. The largest absolute Gasteiger partial charge is 0.495 e. The van der Waals surface area contributed by atoms with Gasteiger partial charge in [-0.2, -0.15) is 0 Å². The Labute approximate surface area is 117 Å². The fourth-order valence-corrected chi connectivity index (χ4v) is 1.90. The number of nitrogens with one attached hydrogen (secondary N) is 1. The van der Waals surface area contributed by atoms with E-state index >= 15 is 0 Å². The maximum atomic E-state index is 12.2. The van der Waals surface area contributed by atoms with Gasteiger partial charge in [-0.25, -0.2) is 0 Å². The highest BCUT2D eigenvalue weighted by Gasteiger charge is 2.15. The van der Waals surface area contributed by atoms with Crippen molar-refractivity contribution in [2.45, 2.75) is 6.92 Å². The van der Waals surface area contributed by atoms with Crippen LogP contribution in [-0.2, 0) is 0 Å². The van der Waals surface area contributed by atoms with E-state index in [1.165, 1.54) is 14.0 Å². The van der Waals surface area contributed by atoms with Gasteiger partial charge in [0.2, 0.25) is 0 Å². The predicted octanol–water partition coefficient (Wildman–Crippen LogP) is 3.15. The normalized spacial score (nSPS) is 9.90. The van der Waals surface area contributed by atoms with Gasteiger partial charge in [0.25, 0.3) is 5.91 Å². The number of ketones is 1. The molecule has 0 aliphatic carbocycles. The minimum absolute atomic E-state index is 0.132. The van der Waals surface area contributed by atoms with Gasteiger partial charge in [0.1, 0.15) is 5.75 Å². The highest BCUT2D eigenvalue weighted by atomic mass is 16.5. The van der Waals surface area contributed by atoms with Crippen molar-refractivity contribution >= 4 is 17.4 Å². The van der Waals surface area contributed by atoms with Gasteiger partial charge in [-0.3, -0.25) is 9.59 Å². The molecule has 0 atom stereocenters. The molecule has 2 aromatic rings. The third kappa shape index (κ3) is 2.85. The van der Waals surface area contributed by atoms with Crippen LogP contribution in [0.2, 0.25) is 0 Å². The van der Waals surface area contributed by atoms with Crippen molar-refractivity contribution in [1.29, 1.82) is 0 Å². The fraction of sp³-hybridized carbons (Fsp3) is 0.125. The highest BCUT2D eigenvalue weighted by Crippen LogP contribution is 2.29. The molecule has 0 radical (unpaired) electrons. The summed E-state index contributed by atoms with van der Waals surface area (Å²) in [4.78, 5) is 23.8.